The molecular formula is C19H32N2. The second kappa shape index (κ2) is 7.40. The van der Waals surface area contributed by atoms with Gasteiger partial charge < -0.3 is 5.32 Å². The van der Waals surface area contributed by atoms with Crippen LogP contribution >= 0.6 is 0 Å². The van der Waals surface area contributed by atoms with Gasteiger partial charge in [-0.15, -0.1) is 0 Å². The van der Waals surface area contributed by atoms with Crippen molar-refractivity contribution in [2.45, 2.75) is 78.8 Å². The SMILES string of the molecule is CCc1cccnc1CNC1CCC(C(C)(C)CC)CC1. The van der Waals surface area contributed by atoms with Crippen LogP contribution < -0.4 is 5.32 Å². The highest BCUT2D eigenvalue weighted by Crippen LogP contribution is 2.40. The van der Waals surface area contributed by atoms with Crippen LogP contribution in [0.3, 0.4) is 0 Å². The molecule has 1 fully saturated rings. The molecule has 1 aliphatic rings. The summed E-state index contributed by atoms with van der Waals surface area (Å²) in [7, 11) is 0. The van der Waals surface area contributed by atoms with Crippen LogP contribution in [0.5, 0.6) is 0 Å². The molecular weight excluding hydrogens is 256 g/mol. The van der Waals surface area contributed by atoms with E-state index in [-0.39, 0.29) is 0 Å². The molecule has 0 radical (unpaired) electrons. The molecule has 0 aromatic carbocycles. The summed E-state index contributed by atoms with van der Waals surface area (Å²) in [6.07, 6.45) is 9.68. The number of pyridine rings is 1. The molecule has 1 aromatic heterocycles. The van der Waals surface area contributed by atoms with E-state index >= 15 is 0 Å². The highest BCUT2D eigenvalue weighted by atomic mass is 14.9. The summed E-state index contributed by atoms with van der Waals surface area (Å²) in [6.45, 7) is 10.3. The monoisotopic (exact) mass is 288 g/mol. The van der Waals surface area contributed by atoms with Crippen molar-refractivity contribution in [3.05, 3.63) is 29.6 Å². The standard InChI is InChI=1S/C19H32N2/c1-5-15-8-7-13-20-18(15)14-21-17-11-9-16(10-12-17)19(3,4)6-2/h7-8,13,16-17,21H,5-6,9-12,14H2,1-4H3. The van der Waals surface area contributed by atoms with E-state index in [9.17, 15) is 0 Å². The summed E-state index contributed by atoms with van der Waals surface area (Å²) in [4.78, 5) is 4.54. The molecule has 0 amide bonds. The molecule has 1 N–H and O–H groups in total. The number of nitrogens with one attached hydrogen (secondary N) is 1. The largest absolute Gasteiger partial charge is 0.308 e. The minimum Gasteiger partial charge on any atom is -0.308 e. The first-order valence-electron chi connectivity index (χ1n) is 8.73. The average molecular weight is 288 g/mol. The lowest BCUT2D eigenvalue weighted by molar-refractivity contribution is 0.136. The van der Waals surface area contributed by atoms with Gasteiger partial charge in [0, 0.05) is 18.8 Å². The van der Waals surface area contributed by atoms with Crippen LogP contribution in [0.2, 0.25) is 0 Å². The highest BCUT2D eigenvalue weighted by Gasteiger charge is 2.31. The van der Waals surface area contributed by atoms with E-state index in [4.69, 9.17) is 0 Å². The molecule has 0 unspecified atom stereocenters. The van der Waals surface area contributed by atoms with Gasteiger partial charge in [0.15, 0.2) is 0 Å². The van der Waals surface area contributed by atoms with Crippen molar-refractivity contribution in [2.24, 2.45) is 11.3 Å². The van der Waals surface area contributed by atoms with Crippen molar-refractivity contribution >= 4 is 0 Å². The average Bonchev–Trinajstić information content (AvgIpc) is 2.53. The molecule has 1 aromatic rings. The fourth-order valence-electron chi connectivity index (χ4n) is 3.56. The van der Waals surface area contributed by atoms with Crippen molar-refractivity contribution in [1.29, 1.82) is 0 Å². The Morgan fingerprint density at radius 2 is 1.90 bits per heavy atom. The van der Waals surface area contributed by atoms with Crippen LogP contribution in [0.15, 0.2) is 18.3 Å². The first-order chi connectivity index (χ1) is 10.1. The van der Waals surface area contributed by atoms with E-state index in [1.807, 2.05) is 12.3 Å². The topological polar surface area (TPSA) is 24.9 Å². The lowest BCUT2D eigenvalue weighted by atomic mass is 9.69. The second-order valence-corrected chi connectivity index (χ2v) is 7.23. The van der Waals surface area contributed by atoms with Crippen molar-refractivity contribution < 1.29 is 0 Å². The summed E-state index contributed by atoms with van der Waals surface area (Å²) in [5.74, 6) is 0.904. The van der Waals surface area contributed by atoms with Crippen molar-refractivity contribution in [2.75, 3.05) is 0 Å². The fraction of sp³-hybridized carbons (Fsp3) is 0.737. The van der Waals surface area contributed by atoms with E-state index in [1.54, 1.807) is 0 Å². The maximum Gasteiger partial charge on any atom is 0.0573 e. The van der Waals surface area contributed by atoms with Gasteiger partial charge in [-0.2, -0.15) is 0 Å². The zero-order chi connectivity index (χ0) is 15.3. The molecule has 21 heavy (non-hydrogen) atoms. The first-order valence-corrected chi connectivity index (χ1v) is 8.73. The quantitative estimate of drug-likeness (QED) is 0.818. The summed E-state index contributed by atoms with van der Waals surface area (Å²) >= 11 is 0. The molecule has 1 saturated carbocycles. The summed E-state index contributed by atoms with van der Waals surface area (Å²) < 4.78 is 0. The van der Waals surface area contributed by atoms with E-state index in [0.29, 0.717) is 11.5 Å². The number of hydrogen-bond acceptors (Lipinski definition) is 2. The van der Waals surface area contributed by atoms with E-state index in [2.05, 4.69) is 44.1 Å². The van der Waals surface area contributed by atoms with Gasteiger partial charge in [-0.05, 0) is 55.1 Å². The molecule has 2 rings (SSSR count). The third kappa shape index (κ3) is 4.29. The number of hydrogen-bond donors (Lipinski definition) is 1. The predicted octanol–water partition coefficient (Wildman–Crippen LogP) is 4.73. The number of rotatable bonds is 6. The Morgan fingerprint density at radius 1 is 1.19 bits per heavy atom. The Labute approximate surface area is 130 Å². The number of nitrogens with zero attached hydrogens (tertiary/aromatic N) is 1. The van der Waals surface area contributed by atoms with Crippen LogP contribution in [-0.2, 0) is 13.0 Å². The van der Waals surface area contributed by atoms with E-state index in [0.717, 1.165) is 18.9 Å². The van der Waals surface area contributed by atoms with Gasteiger partial charge in [0.05, 0.1) is 5.69 Å². The minimum atomic E-state index is 0.515. The van der Waals surface area contributed by atoms with Crippen molar-refractivity contribution in [1.82, 2.24) is 10.3 Å². The predicted molar refractivity (Wildman–Crippen MR) is 90.3 cm³/mol. The van der Waals surface area contributed by atoms with E-state index < -0.39 is 0 Å². The van der Waals surface area contributed by atoms with Crippen LogP contribution in [0.4, 0.5) is 0 Å². The third-order valence-corrected chi connectivity index (χ3v) is 5.67. The zero-order valence-electron chi connectivity index (χ0n) is 14.3. The Hall–Kier alpha value is -0.890. The Kier molecular flexibility index (Phi) is 5.80. The number of aryl methyl sites for hydroxylation is 1. The normalized spacial score (nSPS) is 23.2. The van der Waals surface area contributed by atoms with Gasteiger partial charge in [-0.1, -0.05) is 40.2 Å². The van der Waals surface area contributed by atoms with Crippen LogP contribution in [-0.4, -0.2) is 11.0 Å². The summed E-state index contributed by atoms with van der Waals surface area (Å²) in [6, 6.07) is 4.92. The van der Waals surface area contributed by atoms with Gasteiger partial charge in [0.1, 0.15) is 0 Å². The highest BCUT2D eigenvalue weighted by molar-refractivity contribution is 5.19. The van der Waals surface area contributed by atoms with Crippen LogP contribution in [0.25, 0.3) is 0 Å². The molecule has 0 bridgehead atoms. The van der Waals surface area contributed by atoms with Gasteiger partial charge in [-0.3, -0.25) is 4.98 Å². The Balaban J connectivity index is 1.82. The molecule has 1 heterocycles. The third-order valence-electron chi connectivity index (χ3n) is 5.67. The fourth-order valence-corrected chi connectivity index (χ4v) is 3.56. The summed E-state index contributed by atoms with van der Waals surface area (Å²) in [5, 5.41) is 3.74. The smallest absolute Gasteiger partial charge is 0.0573 e. The summed E-state index contributed by atoms with van der Waals surface area (Å²) in [5.41, 5.74) is 3.13. The molecule has 0 aliphatic heterocycles. The van der Waals surface area contributed by atoms with Crippen molar-refractivity contribution in [3.8, 4) is 0 Å². The van der Waals surface area contributed by atoms with Gasteiger partial charge in [-0.25, -0.2) is 0 Å². The van der Waals surface area contributed by atoms with E-state index in [1.165, 1.54) is 43.4 Å². The van der Waals surface area contributed by atoms with Gasteiger partial charge >= 0.3 is 0 Å². The van der Waals surface area contributed by atoms with Crippen molar-refractivity contribution in [3.63, 3.8) is 0 Å². The minimum absolute atomic E-state index is 0.515. The molecule has 118 valence electrons. The molecule has 0 spiro atoms. The molecule has 2 nitrogen and oxygen atoms in total. The Morgan fingerprint density at radius 3 is 2.52 bits per heavy atom. The zero-order valence-corrected chi connectivity index (χ0v) is 14.3. The number of aromatic nitrogens is 1. The molecule has 2 heteroatoms. The lowest BCUT2D eigenvalue weighted by Gasteiger charge is -2.39. The maximum atomic E-state index is 4.54. The second-order valence-electron chi connectivity index (χ2n) is 7.23. The van der Waals surface area contributed by atoms with Gasteiger partial charge in [0.2, 0.25) is 0 Å². The lowest BCUT2D eigenvalue weighted by Crippen LogP contribution is -2.36. The first kappa shape index (κ1) is 16.5. The van der Waals surface area contributed by atoms with Gasteiger partial charge in [0.25, 0.3) is 0 Å². The van der Waals surface area contributed by atoms with Crippen LogP contribution in [0.1, 0.15) is 71.1 Å². The maximum absolute atomic E-state index is 4.54. The van der Waals surface area contributed by atoms with Crippen LogP contribution in [0, 0.1) is 11.3 Å². The Bertz CT molecular complexity index is 431. The molecule has 1 aliphatic carbocycles. The molecule has 0 saturated heterocycles. The molecule has 0 atom stereocenters.